The topological polar surface area (TPSA) is 49.8 Å². The minimum atomic E-state index is 0.0180. The molecular weight excluding hydrogens is 274 g/mol. The normalized spacial score (nSPS) is 10.0. The molecule has 1 N–H and O–H groups in total. The lowest BCUT2D eigenvalue weighted by Gasteiger charge is -2.15. The van der Waals surface area contributed by atoms with Crippen molar-refractivity contribution in [3.05, 3.63) is 21.4 Å². The number of methoxy groups -OCH3 is 1. The summed E-state index contributed by atoms with van der Waals surface area (Å²) in [6.07, 6.45) is 1.28. The van der Waals surface area contributed by atoms with Crippen molar-refractivity contribution in [3.63, 3.8) is 0 Å². The summed E-state index contributed by atoms with van der Waals surface area (Å²) in [4.78, 5) is 15.5. The van der Waals surface area contributed by atoms with E-state index in [2.05, 4.69) is 11.8 Å². The summed E-state index contributed by atoms with van der Waals surface area (Å²) < 4.78 is 4.98. The summed E-state index contributed by atoms with van der Waals surface area (Å²) in [5.74, 6) is 5.90. The maximum absolute atomic E-state index is 12.2. The van der Waals surface area contributed by atoms with Gasteiger partial charge in [-0.25, -0.2) is 0 Å². The van der Waals surface area contributed by atoms with Gasteiger partial charge in [0.2, 0.25) is 0 Å². The van der Waals surface area contributed by atoms with E-state index in [1.54, 1.807) is 19.1 Å². The van der Waals surface area contributed by atoms with E-state index >= 15 is 0 Å². The summed E-state index contributed by atoms with van der Waals surface area (Å²) in [5, 5.41) is 8.71. The van der Waals surface area contributed by atoms with Gasteiger partial charge >= 0.3 is 0 Å². The predicted octanol–water partition coefficient (Wildman–Crippen LogP) is 1.90. The number of aliphatic hydroxyl groups excluding tert-OH is 1. The van der Waals surface area contributed by atoms with Crippen molar-refractivity contribution in [2.45, 2.75) is 19.8 Å². The molecule has 0 aliphatic carbocycles. The van der Waals surface area contributed by atoms with E-state index < -0.39 is 0 Å². The van der Waals surface area contributed by atoms with Crippen molar-refractivity contribution in [2.24, 2.45) is 0 Å². The molecule has 0 unspecified atom stereocenters. The van der Waals surface area contributed by atoms with Crippen LogP contribution in [0.25, 0.3) is 0 Å². The van der Waals surface area contributed by atoms with Gasteiger partial charge in [-0.2, -0.15) is 0 Å². The maximum Gasteiger partial charge on any atom is 0.263 e. The fraction of sp³-hybridized carbons (Fsp3) is 0.533. The minimum Gasteiger partial charge on any atom is -0.395 e. The highest BCUT2D eigenvalue weighted by Gasteiger charge is 2.15. The van der Waals surface area contributed by atoms with E-state index in [0.717, 1.165) is 16.9 Å². The third-order valence-electron chi connectivity index (χ3n) is 2.76. The highest BCUT2D eigenvalue weighted by Crippen LogP contribution is 2.22. The number of rotatable bonds is 6. The Morgan fingerprint density at radius 1 is 1.55 bits per heavy atom. The van der Waals surface area contributed by atoms with Crippen molar-refractivity contribution in [2.75, 3.05) is 33.9 Å². The Kier molecular flexibility index (Phi) is 7.31. The molecule has 0 bridgehead atoms. The first-order valence-corrected chi connectivity index (χ1v) is 7.36. The van der Waals surface area contributed by atoms with E-state index in [1.807, 2.05) is 13.0 Å². The Bertz CT molecular complexity index is 499. The van der Waals surface area contributed by atoms with Gasteiger partial charge in [0, 0.05) is 33.7 Å². The van der Waals surface area contributed by atoms with Gasteiger partial charge in [0.1, 0.15) is 0 Å². The molecule has 0 radical (unpaired) electrons. The zero-order chi connectivity index (χ0) is 15.0. The first-order chi connectivity index (χ1) is 9.60. The van der Waals surface area contributed by atoms with Crippen LogP contribution in [0.2, 0.25) is 0 Å². The lowest BCUT2D eigenvalue weighted by Crippen LogP contribution is -2.27. The van der Waals surface area contributed by atoms with Crippen LogP contribution < -0.4 is 0 Å². The van der Waals surface area contributed by atoms with E-state index in [0.29, 0.717) is 24.4 Å². The van der Waals surface area contributed by atoms with Crippen molar-refractivity contribution < 1.29 is 14.6 Å². The largest absolute Gasteiger partial charge is 0.395 e. The van der Waals surface area contributed by atoms with Gasteiger partial charge in [-0.3, -0.25) is 4.79 Å². The van der Waals surface area contributed by atoms with Gasteiger partial charge < -0.3 is 14.7 Å². The Morgan fingerprint density at radius 3 is 2.95 bits per heavy atom. The van der Waals surface area contributed by atoms with Crippen molar-refractivity contribution in [1.29, 1.82) is 0 Å². The van der Waals surface area contributed by atoms with E-state index in [-0.39, 0.29) is 12.5 Å². The number of carbonyl (C=O) groups excluding carboxylic acids is 1. The molecule has 1 rings (SSSR count). The number of aliphatic hydroxyl groups is 1. The van der Waals surface area contributed by atoms with Crippen molar-refractivity contribution in [1.82, 2.24) is 4.90 Å². The lowest BCUT2D eigenvalue weighted by atomic mass is 10.2. The molecule has 1 amide bonds. The molecule has 0 atom stereocenters. The molecule has 0 spiro atoms. The molecule has 0 aliphatic rings. The smallest absolute Gasteiger partial charge is 0.263 e. The van der Waals surface area contributed by atoms with E-state index in [9.17, 15) is 4.79 Å². The van der Waals surface area contributed by atoms with Crippen LogP contribution >= 0.6 is 11.3 Å². The number of carbonyl (C=O) groups is 1. The molecule has 4 nitrogen and oxygen atoms in total. The number of ether oxygens (including phenoxy) is 1. The van der Waals surface area contributed by atoms with Gasteiger partial charge in [0.25, 0.3) is 5.91 Å². The number of hydrogen-bond donors (Lipinski definition) is 1. The second-order valence-corrected chi connectivity index (χ2v) is 5.52. The summed E-state index contributed by atoms with van der Waals surface area (Å²) in [6.45, 7) is 3.33. The SMILES string of the molecule is COCCCN(C)C(=O)c1cc(C)c(C#CCCO)s1. The Hall–Kier alpha value is -1.35. The van der Waals surface area contributed by atoms with E-state index in [1.165, 1.54) is 11.3 Å². The highest BCUT2D eigenvalue weighted by atomic mass is 32.1. The van der Waals surface area contributed by atoms with Crippen LogP contribution in [-0.2, 0) is 4.74 Å². The van der Waals surface area contributed by atoms with Gasteiger partial charge in [-0.1, -0.05) is 11.8 Å². The second-order valence-electron chi connectivity index (χ2n) is 4.47. The Morgan fingerprint density at radius 2 is 2.30 bits per heavy atom. The first-order valence-electron chi connectivity index (χ1n) is 6.54. The molecule has 0 aromatic carbocycles. The summed E-state index contributed by atoms with van der Waals surface area (Å²) >= 11 is 1.41. The molecule has 1 aromatic heterocycles. The van der Waals surface area contributed by atoms with Crippen LogP contribution in [0.1, 0.15) is 33.0 Å². The van der Waals surface area contributed by atoms with Gasteiger partial charge in [0.15, 0.2) is 0 Å². The summed E-state index contributed by atoms with van der Waals surface area (Å²) in [6, 6.07) is 1.88. The molecule has 20 heavy (non-hydrogen) atoms. The average Bonchev–Trinajstić information content (AvgIpc) is 2.80. The van der Waals surface area contributed by atoms with E-state index in [4.69, 9.17) is 9.84 Å². The third-order valence-corrected chi connectivity index (χ3v) is 3.90. The maximum atomic E-state index is 12.2. The van der Waals surface area contributed by atoms with Crippen molar-refractivity contribution in [3.8, 4) is 11.8 Å². The number of thiophene rings is 1. The fourth-order valence-electron chi connectivity index (χ4n) is 1.65. The van der Waals surface area contributed by atoms with Gasteiger partial charge in [0.05, 0.1) is 16.4 Å². The monoisotopic (exact) mass is 295 g/mol. The summed E-state index contributed by atoms with van der Waals surface area (Å²) in [5.41, 5.74) is 1.01. The van der Waals surface area contributed by atoms with Crippen molar-refractivity contribution >= 4 is 17.2 Å². The van der Waals surface area contributed by atoms with Crippen LogP contribution in [-0.4, -0.2) is 49.8 Å². The standard InChI is InChI=1S/C15H21NO3S/c1-12-11-14(20-13(12)7-4-5-9-17)15(18)16(2)8-6-10-19-3/h11,17H,5-6,8-10H2,1-3H3. The predicted molar refractivity (Wildman–Crippen MR) is 81.1 cm³/mol. The number of aryl methyl sites for hydroxylation is 1. The zero-order valence-corrected chi connectivity index (χ0v) is 13.0. The average molecular weight is 295 g/mol. The molecule has 0 aliphatic heterocycles. The van der Waals surface area contributed by atoms with Crippen LogP contribution in [0, 0.1) is 18.8 Å². The lowest BCUT2D eigenvalue weighted by molar-refractivity contribution is 0.0784. The second kappa shape index (κ2) is 8.75. The Balaban J connectivity index is 2.70. The van der Waals surface area contributed by atoms with Crippen LogP contribution in [0.3, 0.4) is 0 Å². The van der Waals surface area contributed by atoms with Gasteiger partial charge in [-0.05, 0) is 25.0 Å². The molecule has 5 heteroatoms. The highest BCUT2D eigenvalue weighted by molar-refractivity contribution is 7.14. The third kappa shape index (κ3) is 4.97. The molecule has 0 fully saturated rings. The first kappa shape index (κ1) is 16.7. The van der Waals surface area contributed by atoms with Crippen LogP contribution in [0.4, 0.5) is 0 Å². The minimum absolute atomic E-state index is 0.0180. The molecule has 1 heterocycles. The molecular formula is C15H21NO3S. The zero-order valence-electron chi connectivity index (χ0n) is 12.2. The Labute approximate surface area is 124 Å². The summed E-state index contributed by atoms with van der Waals surface area (Å²) in [7, 11) is 3.45. The quantitative estimate of drug-likeness (QED) is 0.644. The van der Waals surface area contributed by atoms with Crippen LogP contribution in [0.5, 0.6) is 0 Å². The number of hydrogen-bond acceptors (Lipinski definition) is 4. The van der Waals surface area contributed by atoms with Crippen LogP contribution in [0.15, 0.2) is 6.07 Å². The number of amides is 1. The van der Waals surface area contributed by atoms with Gasteiger partial charge in [-0.15, -0.1) is 11.3 Å². The fourth-order valence-corrected chi connectivity index (χ4v) is 2.69. The molecule has 1 aromatic rings. The molecule has 0 saturated carbocycles. The molecule has 110 valence electrons. The number of nitrogens with zero attached hydrogens (tertiary/aromatic N) is 1. The molecule has 0 saturated heterocycles.